The topological polar surface area (TPSA) is 73.8 Å². The Morgan fingerprint density at radius 1 is 1.38 bits per heavy atom. The van der Waals surface area contributed by atoms with E-state index in [1.165, 1.54) is 12.1 Å². The standard InChI is InChI=1S/C13H14N4O2S.ClH/c1-3-9-16-12(14-15-13(16)20-4-2)10-5-7-11(8-6-10)17(18)19;/h3,5-8H,1,4,9H2,2H3;1H. The Kier molecular flexibility index (Phi) is 6.39. The number of nitro benzene ring substituents is 1. The van der Waals surface area contributed by atoms with Crippen LogP contribution in [0.25, 0.3) is 11.4 Å². The lowest BCUT2D eigenvalue weighted by molar-refractivity contribution is -0.384. The van der Waals surface area contributed by atoms with E-state index in [-0.39, 0.29) is 18.1 Å². The summed E-state index contributed by atoms with van der Waals surface area (Å²) in [6, 6.07) is 6.30. The third kappa shape index (κ3) is 3.83. The van der Waals surface area contributed by atoms with Crippen LogP contribution in [0.3, 0.4) is 0 Å². The Bertz CT molecular complexity index is 628. The van der Waals surface area contributed by atoms with Gasteiger partial charge in [0.25, 0.3) is 5.69 Å². The molecule has 0 amide bonds. The molecule has 112 valence electrons. The molecule has 21 heavy (non-hydrogen) atoms. The maximum absolute atomic E-state index is 10.7. The van der Waals surface area contributed by atoms with Crippen molar-refractivity contribution in [2.45, 2.75) is 18.6 Å². The highest BCUT2D eigenvalue weighted by atomic mass is 35.5. The molecule has 0 aliphatic rings. The molecule has 0 fully saturated rings. The number of halogens is 1. The number of nitrogens with zero attached hydrogens (tertiary/aromatic N) is 4. The van der Waals surface area contributed by atoms with Crippen molar-refractivity contribution in [2.75, 3.05) is 5.75 Å². The average molecular weight is 327 g/mol. The molecule has 8 heteroatoms. The number of hydrogen-bond acceptors (Lipinski definition) is 5. The molecule has 0 radical (unpaired) electrons. The van der Waals surface area contributed by atoms with Crippen molar-refractivity contribution >= 4 is 29.9 Å². The first-order valence-electron chi connectivity index (χ1n) is 6.09. The first kappa shape index (κ1) is 17.2. The molecule has 1 heterocycles. The van der Waals surface area contributed by atoms with Crippen LogP contribution in [0, 0.1) is 10.1 Å². The van der Waals surface area contributed by atoms with Crippen molar-refractivity contribution in [1.29, 1.82) is 0 Å². The Labute approximate surface area is 132 Å². The molecule has 2 rings (SSSR count). The highest BCUT2D eigenvalue weighted by Gasteiger charge is 2.14. The van der Waals surface area contributed by atoms with Crippen molar-refractivity contribution < 1.29 is 4.92 Å². The number of benzene rings is 1. The van der Waals surface area contributed by atoms with Gasteiger partial charge in [0.05, 0.1) is 4.92 Å². The molecule has 0 spiro atoms. The first-order chi connectivity index (χ1) is 9.67. The van der Waals surface area contributed by atoms with Crippen LogP contribution >= 0.6 is 24.2 Å². The smallest absolute Gasteiger partial charge is 0.269 e. The molecule has 0 atom stereocenters. The maximum Gasteiger partial charge on any atom is 0.269 e. The largest absolute Gasteiger partial charge is 0.298 e. The fourth-order valence-electron chi connectivity index (χ4n) is 1.76. The summed E-state index contributed by atoms with van der Waals surface area (Å²) in [5, 5.41) is 19.8. The number of aromatic nitrogens is 3. The van der Waals surface area contributed by atoms with Gasteiger partial charge in [0.15, 0.2) is 11.0 Å². The highest BCUT2D eigenvalue weighted by molar-refractivity contribution is 7.99. The van der Waals surface area contributed by atoms with Gasteiger partial charge >= 0.3 is 0 Å². The van der Waals surface area contributed by atoms with Gasteiger partial charge in [-0.25, -0.2) is 0 Å². The molecule has 0 N–H and O–H groups in total. The van der Waals surface area contributed by atoms with E-state index < -0.39 is 4.92 Å². The first-order valence-corrected chi connectivity index (χ1v) is 7.07. The number of thioether (sulfide) groups is 1. The van der Waals surface area contributed by atoms with E-state index in [1.807, 2.05) is 11.5 Å². The van der Waals surface area contributed by atoms with Crippen molar-refractivity contribution in [3.8, 4) is 11.4 Å². The molecule has 0 bridgehead atoms. The monoisotopic (exact) mass is 326 g/mol. The molecule has 0 aliphatic heterocycles. The predicted molar refractivity (Wildman–Crippen MR) is 86.0 cm³/mol. The summed E-state index contributed by atoms with van der Waals surface area (Å²) in [4.78, 5) is 10.2. The summed E-state index contributed by atoms with van der Waals surface area (Å²) in [6.45, 7) is 6.38. The molecule has 0 unspecified atom stereocenters. The summed E-state index contributed by atoms with van der Waals surface area (Å²) in [6.07, 6.45) is 1.78. The summed E-state index contributed by atoms with van der Waals surface area (Å²) in [5.74, 6) is 1.59. The van der Waals surface area contributed by atoms with Crippen molar-refractivity contribution in [3.05, 3.63) is 47.0 Å². The molecule has 1 aromatic carbocycles. The molecule has 1 aromatic heterocycles. The van der Waals surface area contributed by atoms with E-state index in [0.717, 1.165) is 16.5 Å². The van der Waals surface area contributed by atoms with E-state index >= 15 is 0 Å². The van der Waals surface area contributed by atoms with Gasteiger partial charge in [-0.3, -0.25) is 14.7 Å². The second kappa shape index (κ2) is 7.80. The van der Waals surface area contributed by atoms with Crippen molar-refractivity contribution in [1.82, 2.24) is 14.8 Å². The Morgan fingerprint density at radius 3 is 2.57 bits per heavy atom. The molecule has 2 aromatic rings. The zero-order chi connectivity index (χ0) is 14.5. The number of allylic oxidation sites excluding steroid dienone is 1. The van der Waals surface area contributed by atoms with Crippen LogP contribution in [0.2, 0.25) is 0 Å². The zero-order valence-electron chi connectivity index (χ0n) is 11.4. The van der Waals surface area contributed by atoms with E-state index in [1.54, 1.807) is 30.0 Å². The van der Waals surface area contributed by atoms with Gasteiger partial charge < -0.3 is 0 Å². The SMILES string of the molecule is C=CCn1c(SCC)nnc1-c1ccc([N+](=O)[O-])cc1.Cl. The van der Waals surface area contributed by atoms with E-state index in [0.29, 0.717) is 12.4 Å². The lowest BCUT2D eigenvalue weighted by Gasteiger charge is -2.06. The second-order valence-corrected chi connectivity index (χ2v) is 5.17. The number of non-ortho nitro benzene ring substituents is 1. The second-order valence-electron chi connectivity index (χ2n) is 3.94. The molecule has 6 nitrogen and oxygen atoms in total. The van der Waals surface area contributed by atoms with Gasteiger partial charge in [0.1, 0.15) is 0 Å². The zero-order valence-corrected chi connectivity index (χ0v) is 13.1. The van der Waals surface area contributed by atoms with E-state index in [4.69, 9.17) is 0 Å². The third-order valence-corrected chi connectivity index (χ3v) is 3.49. The quantitative estimate of drug-likeness (QED) is 0.351. The minimum absolute atomic E-state index is 0. The summed E-state index contributed by atoms with van der Waals surface area (Å²) >= 11 is 1.60. The molecule has 0 saturated carbocycles. The van der Waals surface area contributed by atoms with Gasteiger partial charge in [0, 0.05) is 24.2 Å². The fraction of sp³-hybridized carbons (Fsp3) is 0.231. The minimum atomic E-state index is -0.420. The highest BCUT2D eigenvalue weighted by Crippen LogP contribution is 2.25. The Balaban J connectivity index is 0.00000220. The normalized spacial score (nSPS) is 9.95. The lowest BCUT2D eigenvalue weighted by Crippen LogP contribution is -2.00. The maximum atomic E-state index is 10.7. The van der Waals surface area contributed by atoms with Crippen LogP contribution in [0.5, 0.6) is 0 Å². The third-order valence-electron chi connectivity index (χ3n) is 2.64. The number of nitro groups is 1. The van der Waals surface area contributed by atoms with Gasteiger partial charge in [-0.2, -0.15) is 0 Å². The molecular weight excluding hydrogens is 312 g/mol. The Morgan fingerprint density at radius 2 is 2.05 bits per heavy atom. The Hall–Kier alpha value is -1.86. The van der Waals surface area contributed by atoms with Crippen LogP contribution in [0.15, 0.2) is 42.1 Å². The van der Waals surface area contributed by atoms with Gasteiger partial charge in [-0.1, -0.05) is 24.8 Å². The summed E-state index contributed by atoms with van der Waals surface area (Å²) in [7, 11) is 0. The van der Waals surface area contributed by atoms with E-state index in [9.17, 15) is 10.1 Å². The van der Waals surface area contributed by atoms with Crippen LogP contribution < -0.4 is 0 Å². The van der Waals surface area contributed by atoms with Crippen LogP contribution in [0.4, 0.5) is 5.69 Å². The predicted octanol–water partition coefficient (Wildman–Crippen LogP) is 3.57. The van der Waals surface area contributed by atoms with Crippen LogP contribution in [-0.4, -0.2) is 25.4 Å². The van der Waals surface area contributed by atoms with Gasteiger partial charge in [-0.05, 0) is 17.9 Å². The molecule has 0 aliphatic carbocycles. The van der Waals surface area contributed by atoms with Crippen molar-refractivity contribution in [3.63, 3.8) is 0 Å². The van der Waals surface area contributed by atoms with E-state index in [2.05, 4.69) is 16.8 Å². The number of rotatable bonds is 6. The summed E-state index contributed by atoms with van der Waals surface area (Å²) in [5.41, 5.74) is 0.861. The molecule has 0 saturated heterocycles. The van der Waals surface area contributed by atoms with Crippen LogP contribution in [0.1, 0.15) is 6.92 Å². The van der Waals surface area contributed by atoms with Gasteiger partial charge in [0.2, 0.25) is 0 Å². The minimum Gasteiger partial charge on any atom is -0.298 e. The number of hydrogen-bond donors (Lipinski definition) is 0. The fourth-order valence-corrected chi connectivity index (χ4v) is 2.44. The average Bonchev–Trinajstić information content (AvgIpc) is 2.83. The molecular formula is C13H15ClN4O2S. The van der Waals surface area contributed by atoms with Crippen molar-refractivity contribution in [2.24, 2.45) is 0 Å². The van der Waals surface area contributed by atoms with Gasteiger partial charge in [-0.15, -0.1) is 29.2 Å². The lowest BCUT2D eigenvalue weighted by atomic mass is 10.2. The summed E-state index contributed by atoms with van der Waals surface area (Å²) < 4.78 is 1.95. The van der Waals surface area contributed by atoms with Crippen LogP contribution in [-0.2, 0) is 6.54 Å².